The number of imidazole rings is 1. The number of rotatable bonds is 0. The third-order valence-electron chi connectivity index (χ3n) is 5.11. The first kappa shape index (κ1) is 13.8. The monoisotopic (exact) mass is 293 g/mol. The van der Waals surface area contributed by atoms with Crippen LogP contribution in [-0.2, 0) is 13.0 Å². The van der Waals surface area contributed by atoms with Crippen molar-refractivity contribution in [1.29, 1.82) is 0 Å². The summed E-state index contributed by atoms with van der Waals surface area (Å²) in [6, 6.07) is 6.73. The minimum Gasteiger partial charge on any atom is -0.331 e. The lowest BCUT2D eigenvalue weighted by molar-refractivity contribution is 0.313. The molecule has 3 nitrogen and oxygen atoms in total. The lowest BCUT2D eigenvalue weighted by atomic mass is 9.87. The Hall–Kier alpha value is -1.87. The number of hydrogen-bond donors (Lipinski definition) is 0. The fourth-order valence-corrected chi connectivity index (χ4v) is 3.84. The second kappa shape index (κ2) is 5.40. The van der Waals surface area contributed by atoms with Crippen molar-refractivity contribution < 1.29 is 0 Å². The number of hydrogen-bond acceptors (Lipinski definition) is 2. The van der Waals surface area contributed by atoms with E-state index in [0.717, 1.165) is 38.9 Å². The van der Waals surface area contributed by atoms with E-state index in [1.54, 1.807) is 5.57 Å². The Morgan fingerprint density at radius 2 is 1.86 bits per heavy atom. The highest BCUT2D eigenvalue weighted by Crippen LogP contribution is 2.37. The summed E-state index contributed by atoms with van der Waals surface area (Å²) in [6.45, 7) is 5.58. The maximum atomic E-state index is 4.72. The van der Waals surface area contributed by atoms with Crippen molar-refractivity contribution >= 4 is 5.57 Å². The van der Waals surface area contributed by atoms with E-state index in [4.69, 9.17) is 4.98 Å². The third kappa shape index (κ3) is 2.20. The lowest BCUT2D eigenvalue weighted by Gasteiger charge is -2.27. The van der Waals surface area contributed by atoms with Crippen molar-refractivity contribution in [1.82, 2.24) is 14.5 Å². The molecule has 0 N–H and O–H groups in total. The summed E-state index contributed by atoms with van der Waals surface area (Å²) in [4.78, 5) is 7.15. The summed E-state index contributed by atoms with van der Waals surface area (Å²) in [7, 11) is 2.22. The first-order valence-corrected chi connectivity index (χ1v) is 8.25. The summed E-state index contributed by atoms with van der Waals surface area (Å²) in [5.41, 5.74) is 7.32. The van der Waals surface area contributed by atoms with Crippen molar-refractivity contribution in [2.24, 2.45) is 0 Å². The van der Waals surface area contributed by atoms with Crippen LogP contribution in [0.15, 0.2) is 36.2 Å². The van der Waals surface area contributed by atoms with Crippen LogP contribution in [0.3, 0.4) is 0 Å². The first-order valence-electron chi connectivity index (χ1n) is 8.25. The van der Waals surface area contributed by atoms with E-state index in [1.807, 2.05) is 6.20 Å². The van der Waals surface area contributed by atoms with Gasteiger partial charge in [0, 0.05) is 37.6 Å². The fraction of sp³-hybridized carbons (Fsp3) is 0.421. The van der Waals surface area contributed by atoms with Gasteiger partial charge in [0.2, 0.25) is 0 Å². The van der Waals surface area contributed by atoms with Crippen LogP contribution in [0.5, 0.6) is 0 Å². The van der Waals surface area contributed by atoms with Crippen LogP contribution in [0.4, 0.5) is 0 Å². The average molecular weight is 293 g/mol. The van der Waals surface area contributed by atoms with Crippen LogP contribution in [-0.4, -0.2) is 34.6 Å². The van der Waals surface area contributed by atoms with E-state index < -0.39 is 0 Å². The van der Waals surface area contributed by atoms with Crippen molar-refractivity contribution in [2.75, 3.05) is 20.1 Å². The van der Waals surface area contributed by atoms with Gasteiger partial charge >= 0.3 is 0 Å². The summed E-state index contributed by atoms with van der Waals surface area (Å²) in [5, 5.41) is 0. The van der Waals surface area contributed by atoms with Gasteiger partial charge in [-0.2, -0.15) is 0 Å². The highest BCUT2D eigenvalue weighted by atomic mass is 15.1. The average Bonchev–Trinajstić information content (AvgIpc) is 2.91. The fourth-order valence-electron chi connectivity index (χ4n) is 3.84. The molecular formula is C19H23N3. The molecule has 0 bridgehead atoms. The molecule has 3 heteroatoms. The zero-order valence-electron chi connectivity index (χ0n) is 13.5. The number of likely N-dealkylation sites (tertiary alicyclic amines) is 1. The molecule has 4 rings (SSSR count). The van der Waals surface area contributed by atoms with Crippen LogP contribution in [0.25, 0.3) is 5.57 Å². The molecule has 1 saturated heterocycles. The lowest BCUT2D eigenvalue weighted by Crippen LogP contribution is -2.27. The highest BCUT2D eigenvalue weighted by Gasteiger charge is 2.25. The van der Waals surface area contributed by atoms with E-state index in [2.05, 4.69) is 47.8 Å². The Labute approximate surface area is 132 Å². The van der Waals surface area contributed by atoms with Gasteiger partial charge in [-0.15, -0.1) is 0 Å². The van der Waals surface area contributed by atoms with Crippen LogP contribution >= 0.6 is 0 Å². The molecule has 2 aromatic rings. The largest absolute Gasteiger partial charge is 0.331 e. The number of benzene rings is 1. The molecule has 0 aliphatic carbocycles. The second-order valence-electron chi connectivity index (χ2n) is 6.59. The molecule has 2 aliphatic rings. The van der Waals surface area contributed by atoms with Gasteiger partial charge in [-0.3, -0.25) is 0 Å². The van der Waals surface area contributed by atoms with Crippen molar-refractivity contribution in [2.45, 2.75) is 32.7 Å². The maximum Gasteiger partial charge on any atom is 0.140 e. The SMILES string of the molecule is Cc1cccc2c1C(=C1CCN(C)CC1)c1nccn1CC2. The van der Waals surface area contributed by atoms with Crippen molar-refractivity contribution in [3.8, 4) is 0 Å². The Kier molecular flexibility index (Phi) is 3.38. The minimum absolute atomic E-state index is 1.03. The highest BCUT2D eigenvalue weighted by molar-refractivity contribution is 5.83. The summed E-state index contributed by atoms with van der Waals surface area (Å²) in [5.74, 6) is 1.17. The van der Waals surface area contributed by atoms with E-state index >= 15 is 0 Å². The number of aromatic nitrogens is 2. The second-order valence-corrected chi connectivity index (χ2v) is 6.59. The molecule has 114 valence electrons. The quantitative estimate of drug-likeness (QED) is 0.743. The normalized spacial score (nSPS) is 18.8. The van der Waals surface area contributed by atoms with E-state index in [1.165, 1.54) is 28.1 Å². The van der Waals surface area contributed by atoms with Gasteiger partial charge in [-0.25, -0.2) is 4.98 Å². The van der Waals surface area contributed by atoms with Gasteiger partial charge in [0.25, 0.3) is 0 Å². The molecule has 0 atom stereocenters. The number of nitrogens with zero attached hydrogens (tertiary/aromatic N) is 3. The zero-order chi connectivity index (χ0) is 15.1. The molecule has 0 amide bonds. The topological polar surface area (TPSA) is 21.1 Å². The molecule has 3 heterocycles. The minimum atomic E-state index is 1.03. The Morgan fingerprint density at radius 1 is 1.05 bits per heavy atom. The number of piperidine rings is 1. The molecule has 22 heavy (non-hydrogen) atoms. The van der Waals surface area contributed by atoms with E-state index in [9.17, 15) is 0 Å². The Balaban J connectivity index is 1.96. The van der Waals surface area contributed by atoms with E-state index in [0.29, 0.717) is 0 Å². The number of aryl methyl sites for hydroxylation is 3. The van der Waals surface area contributed by atoms with Gasteiger partial charge in [0.05, 0.1) is 0 Å². The first-order chi connectivity index (χ1) is 10.7. The number of fused-ring (bicyclic) bond motifs is 2. The Morgan fingerprint density at radius 3 is 2.68 bits per heavy atom. The standard InChI is InChI=1S/C19H23N3/c1-14-4-3-5-15-8-12-22-13-9-20-19(22)18(17(14)15)16-6-10-21(2)11-7-16/h3-5,9,13H,6-8,10-12H2,1-2H3. The third-order valence-corrected chi connectivity index (χ3v) is 5.11. The molecule has 1 aromatic heterocycles. The molecule has 1 aromatic carbocycles. The van der Waals surface area contributed by atoms with Crippen LogP contribution in [0.1, 0.15) is 35.4 Å². The molecule has 0 spiro atoms. The van der Waals surface area contributed by atoms with Gasteiger partial charge in [0.15, 0.2) is 0 Å². The maximum absolute atomic E-state index is 4.72. The van der Waals surface area contributed by atoms with Gasteiger partial charge in [-0.1, -0.05) is 23.8 Å². The van der Waals surface area contributed by atoms with Crippen LogP contribution in [0, 0.1) is 6.92 Å². The van der Waals surface area contributed by atoms with Crippen LogP contribution < -0.4 is 0 Å². The molecule has 2 aliphatic heterocycles. The predicted molar refractivity (Wildman–Crippen MR) is 89.9 cm³/mol. The zero-order valence-corrected chi connectivity index (χ0v) is 13.5. The predicted octanol–water partition coefficient (Wildman–Crippen LogP) is 3.28. The molecular weight excluding hydrogens is 270 g/mol. The Bertz CT molecular complexity index is 729. The summed E-state index contributed by atoms with van der Waals surface area (Å²) < 4.78 is 2.33. The van der Waals surface area contributed by atoms with Crippen molar-refractivity contribution in [3.63, 3.8) is 0 Å². The smallest absolute Gasteiger partial charge is 0.140 e. The van der Waals surface area contributed by atoms with Gasteiger partial charge < -0.3 is 9.47 Å². The molecule has 0 saturated carbocycles. The summed E-state index contributed by atoms with van der Waals surface area (Å²) in [6.07, 6.45) is 7.50. The van der Waals surface area contributed by atoms with E-state index in [-0.39, 0.29) is 0 Å². The van der Waals surface area contributed by atoms with Gasteiger partial charge in [0.1, 0.15) is 5.82 Å². The molecule has 1 fully saturated rings. The summed E-state index contributed by atoms with van der Waals surface area (Å²) >= 11 is 0. The molecule has 0 radical (unpaired) electrons. The van der Waals surface area contributed by atoms with Crippen molar-refractivity contribution in [3.05, 3.63) is 58.7 Å². The van der Waals surface area contributed by atoms with Gasteiger partial charge in [-0.05, 0) is 49.9 Å². The molecule has 0 unspecified atom stereocenters. The van der Waals surface area contributed by atoms with Crippen LogP contribution in [0.2, 0.25) is 0 Å².